The van der Waals surface area contributed by atoms with Crippen molar-refractivity contribution < 1.29 is 0 Å². The molecule has 0 saturated carbocycles. The zero-order valence-electron chi connectivity index (χ0n) is 11.3. The van der Waals surface area contributed by atoms with E-state index in [2.05, 4.69) is 64.0 Å². The molecule has 0 radical (unpaired) electrons. The zero-order valence-corrected chi connectivity index (χ0v) is 14.2. The Hall–Kier alpha value is -1.53. The Morgan fingerprint density at radius 3 is 2.57 bits per heavy atom. The van der Waals surface area contributed by atoms with Gasteiger partial charge in [0, 0.05) is 14.2 Å². The number of hydrogen-bond acceptors (Lipinski definition) is 2. The van der Waals surface area contributed by atoms with Crippen molar-refractivity contribution in [2.24, 2.45) is 0 Å². The summed E-state index contributed by atoms with van der Waals surface area (Å²) in [4.78, 5) is 0. The van der Waals surface area contributed by atoms with Crippen molar-refractivity contribution in [3.63, 3.8) is 0 Å². The number of aromatic amines is 1. The molecule has 0 unspecified atom stereocenters. The fraction of sp³-hybridized carbons (Fsp3) is 0.0625. The van der Waals surface area contributed by atoms with Crippen LogP contribution in [0.25, 0.3) is 22.4 Å². The Labute approximate surface area is 141 Å². The largest absolute Gasteiger partial charge is 0.382 e. The quantitative estimate of drug-likeness (QED) is 0.592. The number of H-pyrrole nitrogens is 1. The molecule has 5 heteroatoms. The van der Waals surface area contributed by atoms with Gasteiger partial charge in [0.2, 0.25) is 0 Å². The summed E-state index contributed by atoms with van der Waals surface area (Å²) in [5.74, 6) is 0.490. The second-order valence-electron chi connectivity index (χ2n) is 4.85. The summed E-state index contributed by atoms with van der Waals surface area (Å²) in [5, 5.41) is 7.89. The van der Waals surface area contributed by atoms with Crippen molar-refractivity contribution in [2.45, 2.75) is 6.92 Å². The molecular weight excluding hydrogens is 397 g/mol. The number of aromatic nitrogens is 2. The first-order chi connectivity index (χ1) is 10.1. The Bertz CT molecular complexity index is 794. The van der Waals surface area contributed by atoms with Gasteiger partial charge < -0.3 is 5.73 Å². The molecule has 0 aliphatic heterocycles. The highest BCUT2D eigenvalue weighted by Gasteiger charge is 2.16. The lowest BCUT2D eigenvalue weighted by Gasteiger charge is -2.08. The lowest BCUT2D eigenvalue weighted by molar-refractivity contribution is 1.10. The molecule has 3 aromatic rings. The topological polar surface area (TPSA) is 54.7 Å². The molecular formula is C16H13ClIN3. The number of nitrogens with two attached hydrogens (primary N) is 1. The molecule has 1 aromatic heterocycles. The average Bonchev–Trinajstić information content (AvgIpc) is 2.84. The van der Waals surface area contributed by atoms with Gasteiger partial charge in [-0.3, -0.25) is 5.10 Å². The molecule has 0 aliphatic carbocycles. The van der Waals surface area contributed by atoms with Gasteiger partial charge in [-0.25, -0.2) is 0 Å². The number of rotatable bonds is 2. The van der Waals surface area contributed by atoms with E-state index in [-0.39, 0.29) is 0 Å². The highest BCUT2D eigenvalue weighted by atomic mass is 127. The molecule has 1 heterocycles. The molecule has 0 saturated heterocycles. The molecule has 3 nitrogen and oxygen atoms in total. The summed E-state index contributed by atoms with van der Waals surface area (Å²) in [6.45, 7) is 2.06. The zero-order chi connectivity index (χ0) is 15.0. The number of hydrogen-bond donors (Lipinski definition) is 2. The van der Waals surface area contributed by atoms with E-state index < -0.39 is 0 Å². The van der Waals surface area contributed by atoms with Crippen LogP contribution in [0.1, 0.15) is 5.56 Å². The Balaban J connectivity index is 2.21. The van der Waals surface area contributed by atoms with Gasteiger partial charge in [0.1, 0.15) is 0 Å². The molecule has 0 atom stereocenters. The monoisotopic (exact) mass is 409 g/mol. The van der Waals surface area contributed by atoms with Gasteiger partial charge in [0.05, 0.1) is 11.3 Å². The first-order valence-electron chi connectivity index (χ1n) is 6.42. The lowest BCUT2D eigenvalue weighted by Crippen LogP contribution is -1.90. The van der Waals surface area contributed by atoms with Crippen molar-refractivity contribution in [2.75, 3.05) is 5.73 Å². The molecule has 0 fully saturated rings. The fourth-order valence-corrected chi connectivity index (χ4v) is 3.03. The summed E-state index contributed by atoms with van der Waals surface area (Å²) in [6.07, 6.45) is 0. The standard InChI is InChI=1S/C16H13ClIN3/c1-9-2-4-10(5-3-9)14-15(20-21-16(14)19)12-8-11(17)6-7-13(12)18/h2-8H,1H3,(H3,19,20,21). The number of benzene rings is 2. The van der Waals surface area contributed by atoms with Crippen LogP contribution in [0, 0.1) is 10.5 Å². The predicted octanol–water partition coefficient (Wildman–Crippen LogP) is 4.89. The van der Waals surface area contributed by atoms with Gasteiger partial charge in [-0.15, -0.1) is 0 Å². The van der Waals surface area contributed by atoms with E-state index in [9.17, 15) is 0 Å². The van der Waals surface area contributed by atoms with E-state index >= 15 is 0 Å². The highest BCUT2D eigenvalue weighted by molar-refractivity contribution is 14.1. The van der Waals surface area contributed by atoms with Gasteiger partial charge in [-0.2, -0.15) is 5.10 Å². The van der Waals surface area contributed by atoms with Crippen LogP contribution in [0.2, 0.25) is 5.02 Å². The fourth-order valence-electron chi connectivity index (χ4n) is 2.25. The molecule has 3 rings (SSSR count). The first-order valence-corrected chi connectivity index (χ1v) is 7.88. The van der Waals surface area contributed by atoms with E-state index in [1.54, 1.807) is 0 Å². The van der Waals surface area contributed by atoms with Crippen molar-refractivity contribution in [3.05, 3.63) is 56.6 Å². The van der Waals surface area contributed by atoms with Gasteiger partial charge in [-0.1, -0.05) is 41.4 Å². The third-order valence-electron chi connectivity index (χ3n) is 3.33. The first kappa shape index (κ1) is 14.4. The van der Waals surface area contributed by atoms with Crippen LogP contribution in [0.5, 0.6) is 0 Å². The maximum absolute atomic E-state index is 6.12. The average molecular weight is 410 g/mol. The third kappa shape index (κ3) is 2.78. The SMILES string of the molecule is Cc1ccc(-c2c(N)n[nH]c2-c2cc(Cl)ccc2I)cc1. The van der Waals surface area contributed by atoms with Crippen molar-refractivity contribution in [3.8, 4) is 22.4 Å². The maximum Gasteiger partial charge on any atom is 0.153 e. The summed E-state index contributed by atoms with van der Waals surface area (Å²) in [6, 6.07) is 14.0. The number of nitrogens with one attached hydrogen (secondary N) is 1. The van der Waals surface area contributed by atoms with Crippen molar-refractivity contribution >= 4 is 40.0 Å². The molecule has 0 bridgehead atoms. The molecule has 0 aliphatic rings. The van der Waals surface area contributed by atoms with E-state index in [0.29, 0.717) is 10.8 Å². The van der Waals surface area contributed by atoms with Crippen LogP contribution in [0.15, 0.2) is 42.5 Å². The molecule has 0 amide bonds. The minimum Gasteiger partial charge on any atom is -0.382 e. The number of anilines is 1. The van der Waals surface area contributed by atoms with Crippen LogP contribution in [0.3, 0.4) is 0 Å². The Morgan fingerprint density at radius 1 is 1.14 bits per heavy atom. The summed E-state index contributed by atoms with van der Waals surface area (Å²) >= 11 is 8.41. The molecule has 106 valence electrons. The predicted molar refractivity (Wildman–Crippen MR) is 96.3 cm³/mol. The van der Waals surface area contributed by atoms with E-state index in [4.69, 9.17) is 17.3 Å². The van der Waals surface area contributed by atoms with Crippen molar-refractivity contribution in [1.82, 2.24) is 10.2 Å². The lowest BCUT2D eigenvalue weighted by atomic mass is 10.00. The molecule has 0 spiro atoms. The third-order valence-corrected chi connectivity index (χ3v) is 4.51. The molecule has 21 heavy (non-hydrogen) atoms. The molecule has 2 aromatic carbocycles. The van der Waals surface area contributed by atoms with E-state index in [1.165, 1.54) is 5.56 Å². The van der Waals surface area contributed by atoms with E-state index in [0.717, 1.165) is 26.0 Å². The van der Waals surface area contributed by atoms with Gasteiger partial charge in [0.25, 0.3) is 0 Å². The van der Waals surface area contributed by atoms with Crippen LogP contribution in [0.4, 0.5) is 5.82 Å². The highest BCUT2D eigenvalue weighted by Crippen LogP contribution is 2.37. The minimum absolute atomic E-state index is 0.490. The number of aryl methyl sites for hydroxylation is 1. The number of halogens is 2. The smallest absolute Gasteiger partial charge is 0.153 e. The van der Waals surface area contributed by atoms with Gasteiger partial charge in [0.15, 0.2) is 5.82 Å². The minimum atomic E-state index is 0.490. The second-order valence-corrected chi connectivity index (χ2v) is 6.45. The molecule has 3 N–H and O–H groups in total. The summed E-state index contributed by atoms with van der Waals surface area (Å²) < 4.78 is 1.09. The Kier molecular flexibility index (Phi) is 3.91. The van der Waals surface area contributed by atoms with Crippen LogP contribution < -0.4 is 5.73 Å². The van der Waals surface area contributed by atoms with Crippen LogP contribution in [-0.2, 0) is 0 Å². The van der Waals surface area contributed by atoms with Gasteiger partial charge in [-0.05, 0) is 53.3 Å². The second kappa shape index (κ2) is 5.69. The summed E-state index contributed by atoms with van der Waals surface area (Å²) in [7, 11) is 0. The number of nitrogen functional groups attached to an aromatic ring is 1. The Morgan fingerprint density at radius 2 is 1.86 bits per heavy atom. The van der Waals surface area contributed by atoms with Crippen LogP contribution in [-0.4, -0.2) is 10.2 Å². The maximum atomic E-state index is 6.12. The van der Waals surface area contributed by atoms with E-state index in [1.807, 2.05) is 18.2 Å². The normalized spacial score (nSPS) is 10.8. The van der Waals surface area contributed by atoms with Crippen LogP contribution >= 0.6 is 34.2 Å². The summed E-state index contributed by atoms with van der Waals surface area (Å²) in [5.41, 5.74) is 11.1. The van der Waals surface area contributed by atoms with Gasteiger partial charge >= 0.3 is 0 Å². The van der Waals surface area contributed by atoms with Crippen molar-refractivity contribution in [1.29, 1.82) is 0 Å². The number of nitrogens with zero attached hydrogens (tertiary/aromatic N) is 1.